The van der Waals surface area contributed by atoms with Crippen LogP contribution in [0.3, 0.4) is 0 Å². The predicted molar refractivity (Wildman–Crippen MR) is 98.0 cm³/mol. The lowest BCUT2D eigenvalue weighted by Crippen LogP contribution is -2.27. The monoisotopic (exact) mass is 362 g/mol. The Kier molecular flexibility index (Phi) is 4.15. The highest BCUT2D eigenvalue weighted by Gasteiger charge is 2.18. The Balaban J connectivity index is 1.54. The van der Waals surface area contributed by atoms with Crippen LogP contribution in [0, 0.1) is 13.8 Å². The summed E-state index contributed by atoms with van der Waals surface area (Å²) in [5.41, 5.74) is 4.08. The number of carbonyl (C=O) groups is 1. The van der Waals surface area contributed by atoms with E-state index in [1.54, 1.807) is 34.8 Å². The number of nitrogens with zero attached hydrogens (tertiary/aromatic N) is 6. The van der Waals surface area contributed by atoms with Gasteiger partial charge >= 0.3 is 0 Å². The van der Waals surface area contributed by atoms with Crippen molar-refractivity contribution in [2.45, 2.75) is 20.4 Å². The van der Waals surface area contributed by atoms with Gasteiger partial charge in [0.2, 0.25) is 0 Å². The third-order valence-corrected chi connectivity index (χ3v) is 4.17. The number of hydrogen-bond acceptors (Lipinski definition) is 6. The molecule has 4 aromatic rings. The fourth-order valence-electron chi connectivity index (χ4n) is 2.87. The van der Waals surface area contributed by atoms with Gasteiger partial charge in [-0.15, -0.1) is 0 Å². The van der Waals surface area contributed by atoms with E-state index in [1.165, 1.54) is 0 Å². The third kappa shape index (κ3) is 3.29. The van der Waals surface area contributed by atoms with Crippen LogP contribution in [-0.2, 0) is 6.54 Å². The smallest absolute Gasteiger partial charge is 0.272 e. The summed E-state index contributed by atoms with van der Waals surface area (Å²) >= 11 is 0. The van der Waals surface area contributed by atoms with Crippen molar-refractivity contribution in [3.8, 4) is 11.4 Å². The summed E-state index contributed by atoms with van der Waals surface area (Å²) in [6.07, 6.45) is 1.70. The molecule has 4 heterocycles. The van der Waals surface area contributed by atoms with Crippen molar-refractivity contribution in [2.24, 2.45) is 0 Å². The van der Waals surface area contributed by atoms with Crippen molar-refractivity contribution in [1.82, 2.24) is 29.6 Å². The first-order valence-corrected chi connectivity index (χ1v) is 8.48. The standard InChI is InChI=1S/C19H18N6O2/c1-12-8-18-21-17(9-13(2)25(18)22-12)19(26)24(3)11-14-10-16(23-27-14)15-6-4-5-7-20-15/h4-10H,11H2,1-3H3. The first-order valence-electron chi connectivity index (χ1n) is 8.48. The van der Waals surface area contributed by atoms with Gasteiger partial charge in [-0.2, -0.15) is 5.10 Å². The second-order valence-electron chi connectivity index (χ2n) is 6.39. The van der Waals surface area contributed by atoms with E-state index in [9.17, 15) is 4.79 Å². The molecule has 0 saturated heterocycles. The number of aromatic nitrogens is 5. The Bertz CT molecular complexity index is 1120. The van der Waals surface area contributed by atoms with E-state index in [0.717, 1.165) is 17.1 Å². The quantitative estimate of drug-likeness (QED) is 0.554. The first kappa shape index (κ1) is 16.9. The average molecular weight is 362 g/mol. The van der Waals surface area contributed by atoms with E-state index in [-0.39, 0.29) is 12.5 Å². The molecule has 27 heavy (non-hydrogen) atoms. The number of fused-ring (bicyclic) bond motifs is 1. The van der Waals surface area contributed by atoms with Crippen LogP contribution in [0.2, 0.25) is 0 Å². The fourth-order valence-corrected chi connectivity index (χ4v) is 2.87. The van der Waals surface area contributed by atoms with Crippen LogP contribution >= 0.6 is 0 Å². The molecule has 0 unspecified atom stereocenters. The van der Waals surface area contributed by atoms with E-state index in [4.69, 9.17) is 4.52 Å². The van der Waals surface area contributed by atoms with Crippen LogP contribution < -0.4 is 0 Å². The molecule has 0 saturated carbocycles. The van der Waals surface area contributed by atoms with Crippen LogP contribution in [0.15, 0.2) is 47.1 Å². The van der Waals surface area contributed by atoms with Crippen LogP contribution in [-0.4, -0.2) is 42.6 Å². The highest BCUT2D eigenvalue weighted by Crippen LogP contribution is 2.18. The first-order chi connectivity index (χ1) is 13.0. The Morgan fingerprint density at radius 1 is 1.19 bits per heavy atom. The minimum Gasteiger partial charge on any atom is -0.359 e. The van der Waals surface area contributed by atoms with Crippen LogP contribution in [0.4, 0.5) is 0 Å². The largest absolute Gasteiger partial charge is 0.359 e. The molecule has 0 aromatic carbocycles. The molecule has 1 amide bonds. The summed E-state index contributed by atoms with van der Waals surface area (Å²) in [7, 11) is 1.70. The van der Waals surface area contributed by atoms with Gasteiger partial charge in [0.15, 0.2) is 11.4 Å². The maximum atomic E-state index is 12.8. The van der Waals surface area contributed by atoms with Crippen molar-refractivity contribution in [3.63, 3.8) is 0 Å². The average Bonchev–Trinajstić information content (AvgIpc) is 3.28. The lowest BCUT2D eigenvalue weighted by atomic mass is 10.2. The van der Waals surface area contributed by atoms with Crippen molar-refractivity contribution in [1.29, 1.82) is 0 Å². The van der Waals surface area contributed by atoms with Gasteiger partial charge in [-0.1, -0.05) is 11.2 Å². The lowest BCUT2D eigenvalue weighted by Gasteiger charge is -2.15. The fraction of sp³-hybridized carbons (Fsp3) is 0.211. The normalized spacial score (nSPS) is 11.1. The van der Waals surface area contributed by atoms with Crippen LogP contribution in [0.5, 0.6) is 0 Å². The summed E-state index contributed by atoms with van der Waals surface area (Å²) in [5, 5.41) is 8.38. The molecular formula is C19H18N6O2. The van der Waals surface area contributed by atoms with E-state index in [2.05, 4.69) is 20.2 Å². The van der Waals surface area contributed by atoms with E-state index in [1.807, 2.05) is 38.1 Å². The number of amides is 1. The van der Waals surface area contributed by atoms with Crippen LogP contribution in [0.25, 0.3) is 17.0 Å². The second-order valence-corrected chi connectivity index (χ2v) is 6.39. The summed E-state index contributed by atoms with van der Waals surface area (Å²) in [5.74, 6) is 0.375. The summed E-state index contributed by atoms with van der Waals surface area (Å²) in [4.78, 5) is 23.0. The van der Waals surface area contributed by atoms with Gasteiger partial charge in [-0.3, -0.25) is 9.78 Å². The summed E-state index contributed by atoms with van der Waals surface area (Å²) in [6, 6.07) is 10.9. The molecule has 0 bridgehead atoms. The Morgan fingerprint density at radius 3 is 2.81 bits per heavy atom. The van der Waals surface area contributed by atoms with Crippen molar-refractivity contribution >= 4 is 11.6 Å². The molecule has 0 radical (unpaired) electrons. The summed E-state index contributed by atoms with van der Waals surface area (Å²) < 4.78 is 7.08. The molecule has 0 aliphatic rings. The molecular weight excluding hydrogens is 344 g/mol. The number of pyridine rings is 1. The van der Waals surface area contributed by atoms with Gasteiger partial charge in [-0.05, 0) is 32.0 Å². The van der Waals surface area contributed by atoms with Crippen LogP contribution in [0.1, 0.15) is 27.6 Å². The number of hydrogen-bond donors (Lipinski definition) is 0. The third-order valence-electron chi connectivity index (χ3n) is 4.17. The molecule has 0 N–H and O–H groups in total. The molecule has 0 spiro atoms. The molecule has 8 heteroatoms. The van der Waals surface area contributed by atoms with Gasteiger partial charge in [0, 0.05) is 31.1 Å². The van der Waals surface area contributed by atoms with Gasteiger partial charge in [0.25, 0.3) is 5.91 Å². The zero-order chi connectivity index (χ0) is 19.0. The topological polar surface area (TPSA) is 89.4 Å². The maximum absolute atomic E-state index is 12.8. The van der Waals surface area contributed by atoms with E-state index in [0.29, 0.717) is 22.8 Å². The zero-order valence-electron chi connectivity index (χ0n) is 15.2. The molecule has 0 atom stereocenters. The second kappa shape index (κ2) is 6.64. The lowest BCUT2D eigenvalue weighted by molar-refractivity contribution is 0.0766. The molecule has 4 rings (SSSR count). The van der Waals surface area contributed by atoms with Gasteiger partial charge in [-0.25, -0.2) is 9.50 Å². The predicted octanol–water partition coefficient (Wildman–Crippen LogP) is 2.67. The SMILES string of the molecule is Cc1cc2nc(C(=O)N(C)Cc3cc(-c4ccccn4)no3)cc(C)n2n1. The number of aryl methyl sites for hydroxylation is 2. The maximum Gasteiger partial charge on any atom is 0.272 e. The van der Waals surface area contributed by atoms with Gasteiger partial charge < -0.3 is 9.42 Å². The van der Waals surface area contributed by atoms with Crippen molar-refractivity contribution in [2.75, 3.05) is 7.05 Å². The molecule has 0 aliphatic carbocycles. The highest BCUT2D eigenvalue weighted by atomic mass is 16.5. The zero-order valence-corrected chi connectivity index (χ0v) is 15.2. The number of carbonyl (C=O) groups excluding carboxylic acids is 1. The minimum absolute atomic E-state index is 0.199. The Hall–Kier alpha value is -3.55. The van der Waals surface area contributed by atoms with Gasteiger partial charge in [0.1, 0.15) is 11.4 Å². The van der Waals surface area contributed by atoms with Gasteiger partial charge in [0.05, 0.1) is 17.9 Å². The molecule has 8 nitrogen and oxygen atoms in total. The molecule has 136 valence electrons. The molecule has 0 fully saturated rings. The Labute approximate surface area is 155 Å². The van der Waals surface area contributed by atoms with E-state index >= 15 is 0 Å². The Morgan fingerprint density at radius 2 is 2.04 bits per heavy atom. The molecule has 4 aromatic heterocycles. The number of rotatable bonds is 4. The molecule has 0 aliphatic heterocycles. The highest BCUT2D eigenvalue weighted by molar-refractivity contribution is 5.92. The van der Waals surface area contributed by atoms with Crippen molar-refractivity contribution in [3.05, 3.63) is 65.4 Å². The minimum atomic E-state index is -0.199. The summed E-state index contributed by atoms with van der Waals surface area (Å²) in [6.45, 7) is 4.07. The van der Waals surface area contributed by atoms with E-state index < -0.39 is 0 Å². The van der Waals surface area contributed by atoms with Crippen molar-refractivity contribution < 1.29 is 9.32 Å².